The first-order valence-corrected chi connectivity index (χ1v) is 10.7. The number of carbonyl (C=O) groups is 2. The first kappa shape index (κ1) is 20.7. The third-order valence-electron chi connectivity index (χ3n) is 3.78. The Morgan fingerprint density at radius 2 is 1.88 bits per heavy atom. The van der Waals surface area contributed by atoms with Crippen LogP contribution in [0.5, 0.6) is 0 Å². The molecule has 0 aliphatic heterocycles. The summed E-state index contributed by atoms with van der Waals surface area (Å²) < 4.78 is 62.6. The Bertz CT molecular complexity index is 866. The minimum Gasteiger partial charge on any atom is -0.294 e. The van der Waals surface area contributed by atoms with Gasteiger partial charge in [0.25, 0.3) is 0 Å². The lowest BCUT2D eigenvalue weighted by Gasteiger charge is -2.13. The molecule has 1 saturated carbocycles. The Morgan fingerprint density at radius 1 is 1.27 bits per heavy atom. The topological polar surface area (TPSA) is 68.3 Å². The Kier molecular flexibility index (Phi) is 6.02. The zero-order valence-electron chi connectivity index (χ0n) is 14.1. The molecule has 0 atom stereocenters. The SMILES string of the molecule is CCSC=C(C(=O)c1ccc(C(F)(F)F)cc1S(C)(=O)=O)C(=O)C1CC1. The monoisotopic (exact) mass is 406 g/mol. The van der Waals surface area contributed by atoms with Crippen molar-refractivity contribution in [3.05, 3.63) is 40.3 Å². The highest BCUT2D eigenvalue weighted by Crippen LogP contribution is 2.36. The van der Waals surface area contributed by atoms with E-state index in [9.17, 15) is 31.2 Å². The number of alkyl halides is 3. The summed E-state index contributed by atoms with van der Waals surface area (Å²) in [5.41, 5.74) is -1.77. The number of sulfone groups is 1. The second kappa shape index (κ2) is 7.56. The van der Waals surface area contributed by atoms with Gasteiger partial charge in [-0.25, -0.2) is 8.42 Å². The Hall–Kier alpha value is -1.61. The van der Waals surface area contributed by atoms with Crippen molar-refractivity contribution in [3.63, 3.8) is 0 Å². The number of Topliss-reactive ketones (excluding diaryl/α,β-unsaturated/α-hetero) is 2. The van der Waals surface area contributed by atoms with E-state index in [1.54, 1.807) is 0 Å². The van der Waals surface area contributed by atoms with Crippen LogP contribution in [0.2, 0.25) is 0 Å². The Balaban J connectivity index is 2.57. The minimum absolute atomic E-state index is 0.177. The maximum Gasteiger partial charge on any atom is 0.416 e. The number of allylic oxidation sites excluding steroid dienone is 1. The second-order valence-corrected chi connectivity index (χ2v) is 9.07. The minimum atomic E-state index is -4.75. The van der Waals surface area contributed by atoms with Gasteiger partial charge < -0.3 is 0 Å². The number of ketones is 2. The van der Waals surface area contributed by atoms with Crippen LogP contribution in [0.1, 0.15) is 35.7 Å². The molecule has 2 rings (SSSR count). The smallest absolute Gasteiger partial charge is 0.294 e. The Labute approximate surface area is 153 Å². The second-order valence-electron chi connectivity index (χ2n) is 5.94. The van der Waals surface area contributed by atoms with Crippen LogP contribution in [0.25, 0.3) is 0 Å². The highest BCUT2D eigenvalue weighted by Gasteiger charge is 2.37. The highest BCUT2D eigenvalue weighted by atomic mass is 32.2. The normalized spacial score (nSPS) is 15.8. The van der Waals surface area contributed by atoms with Crippen molar-refractivity contribution in [3.8, 4) is 0 Å². The predicted octanol–water partition coefficient (Wildman–Crippen LogP) is 3.91. The molecule has 0 spiro atoms. The number of thioether (sulfide) groups is 1. The van der Waals surface area contributed by atoms with Crippen LogP contribution in [-0.2, 0) is 20.8 Å². The first-order valence-electron chi connectivity index (χ1n) is 7.78. The third kappa shape index (κ3) is 4.76. The van der Waals surface area contributed by atoms with Crippen molar-refractivity contribution >= 4 is 33.2 Å². The molecule has 1 aliphatic rings. The first-order chi connectivity index (χ1) is 12.0. The van der Waals surface area contributed by atoms with Crippen LogP contribution in [0.15, 0.2) is 34.1 Å². The quantitative estimate of drug-likeness (QED) is 0.297. The van der Waals surface area contributed by atoms with E-state index in [1.165, 1.54) is 17.2 Å². The summed E-state index contributed by atoms with van der Waals surface area (Å²) in [7, 11) is -4.11. The summed E-state index contributed by atoms with van der Waals surface area (Å²) >= 11 is 1.20. The van der Waals surface area contributed by atoms with Gasteiger partial charge in [-0.15, -0.1) is 11.8 Å². The zero-order chi connectivity index (χ0) is 19.7. The van der Waals surface area contributed by atoms with Gasteiger partial charge in [0.05, 0.1) is 16.0 Å². The lowest BCUT2D eigenvalue weighted by atomic mass is 9.98. The van der Waals surface area contributed by atoms with Crippen LogP contribution in [-0.4, -0.2) is 32.0 Å². The van der Waals surface area contributed by atoms with Crippen LogP contribution < -0.4 is 0 Å². The fourth-order valence-corrected chi connectivity index (χ4v) is 3.75. The van der Waals surface area contributed by atoms with Gasteiger partial charge in [-0.05, 0) is 42.2 Å². The lowest BCUT2D eigenvalue weighted by molar-refractivity contribution is -0.137. The van der Waals surface area contributed by atoms with Crippen molar-refractivity contribution in [2.24, 2.45) is 5.92 Å². The molecule has 0 aromatic heterocycles. The van der Waals surface area contributed by atoms with Gasteiger partial charge in [0, 0.05) is 17.7 Å². The molecule has 26 heavy (non-hydrogen) atoms. The van der Waals surface area contributed by atoms with Crippen LogP contribution in [0.3, 0.4) is 0 Å². The standard InChI is InChI=1S/C17H17F3O4S2/c1-3-25-9-13(15(21)10-4-5-10)16(22)12-7-6-11(17(18,19)20)8-14(12)26(2,23)24/h6-10H,3-5H2,1-2H3. The summed E-state index contributed by atoms with van der Waals surface area (Å²) in [5.74, 6) is -0.952. The molecule has 0 heterocycles. The highest BCUT2D eigenvalue weighted by molar-refractivity contribution is 8.02. The molecular formula is C17H17F3O4S2. The van der Waals surface area contributed by atoms with Crippen molar-refractivity contribution < 1.29 is 31.2 Å². The molecule has 0 N–H and O–H groups in total. The number of halogens is 3. The van der Waals surface area contributed by atoms with Crippen molar-refractivity contribution in [1.29, 1.82) is 0 Å². The van der Waals surface area contributed by atoms with Crippen molar-refractivity contribution in [2.75, 3.05) is 12.0 Å². The maximum atomic E-state index is 12.9. The number of benzene rings is 1. The molecular weight excluding hydrogens is 389 g/mol. The van der Waals surface area contributed by atoms with Gasteiger partial charge >= 0.3 is 6.18 Å². The van der Waals surface area contributed by atoms with Crippen LogP contribution >= 0.6 is 11.8 Å². The van der Waals surface area contributed by atoms with Crippen molar-refractivity contribution in [1.82, 2.24) is 0 Å². The van der Waals surface area contributed by atoms with Gasteiger partial charge in [-0.2, -0.15) is 13.2 Å². The lowest BCUT2D eigenvalue weighted by Crippen LogP contribution is -2.18. The zero-order valence-corrected chi connectivity index (χ0v) is 15.7. The fourth-order valence-electron chi connectivity index (χ4n) is 2.29. The van der Waals surface area contributed by atoms with Crippen LogP contribution in [0.4, 0.5) is 13.2 Å². The molecule has 0 amide bonds. The van der Waals surface area contributed by atoms with Crippen LogP contribution in [0, 0.1) is 5.92 Å². The van der Waals surface area contributed by atoms with E-state index < -0.39 is 43.6 Å². The average Bonchev–Trinajstić information content (AvgIpc) is 3.37. The molecule has 1 aliphatic carbocycles. The summed E-state index contributed by atoms with van der Waals surface area (Å²) in [4.78, 5) is 24.5. The third-order valence-corrected chi connectivity index (χ3v) is 5.65. The van der Waals surface area contributed by atoms with Gasteiger partial charge in [-0.1, -0.05) is 6.92 Å². The number of hydrogen-bond donors (Lipinski definition) is 0. The van der Waals surface area contributed by atoms with E-state index >= 15 is 0 Å². The fraction of sp³-hybridized carbons (Fsp3) is 0.412. The summed E-state index contributed by atoms with van der Waals surface area (Å²) in [6, 6.07) is 1.91. The van der Waals surface area contributed by atoms with Gasteiger partial charge in [-0.3, -0.25) is 9.59 Å². The summed E-state index contributed by atoms with van der Waals surface area (Å²) in [6.45, 7) is 1.81. The molecule has 1 aromatic rings. The molecule has 0 bridgehead atoms. The summed E-state index contributed by atoms with van der Waals surface area (Å²) in [6.07, 6.45) is -2.73. The predicted molar refractivity (Wildman–Crippen MR) is 92.8 cm³/mol. The molecule has 142 valence electrons. The van der Waals surface area contributed by atoms with E-state index in [1.807, 2.05) is 6.92 Å². The number of hydrogen-bond acceptors (Lipinski definition) is 5. The van der Waals surface area contributed by atoms with Gasteiger partial charge in [0.1, 0.15) is 0 Å². The van der Waals surface area contributed by atoms with E-state index in [2.05, 4.69) is 0 Å². The molecule has 0 radical (unpaired) electrons. The molecule has 0 saturated heterocycles. The largest absolute Gasteiger partial charge is 0.416 e. The molecule has 1 aromatic carbocycles. The van der Waals surface area contributed by atoms with E-state index in [0.29, 0.717) is 30.7 Å². The molecule has 4 nitrogen and oxygen atoms in total. The molecule has 1 fully saturated rings. The maximum absolute atomic E-state index is 12.9. The number of carbonyl (C=O) groups excluding carboxylic acids is 2. The van der Waals surface area contributed by atoms with E-state index in [4.69, 9.17) is 0 Å². The number of rotatable bonds is 7. The van der Waals surface area contributed by atoms with Gasteiger partial charge in [0.2, 0.25) is 0 Å². The molecule has 0 unspecified atom stereocenters. The van der Waals surface area contributed by atoms with Crippen molar-refractivity contribution in [2.45, 2.75) is 30.8 Å². The average molecular weight is 406 g/mol. The van der Waals surface area contributed by atoms with E-state index in [0.717, 1.165) is 12.3 Å². The Morgan fingerprint density at radius 3 is 2.35 bits per heavy atom. The van der Waals surface area contributed by atoms with E-state index in [-0.39, 0.29) is 11.5 Å². The summed E-state index contributed by atoms with van der Waals surface area (Å²) in [5, 5.41) is 1.37. The molecule has 9 heteroatoms. The van der Waals surface area contributed by atoms with Gasteiger partial charge in [0.15, 0.2) is 21.4 Å².